The van der Waals surface area contributed by atoms with Crippen molar-refractivity contribution in [1.29, 1.82) is 0 Å². The Morgan fingerprint density at radius 3 is 2.48 bits per heavy atom. The number of aryl methyl sites for hydroxylation is 3. The second kappa shape index (κ2) is 5.52. The molecule has 3 aromatic rings. The first-order valence-electron chi connectivity index (χ1n) is 8.73. The summed E-state index contributed by atoms with van der Waals surface area (Å²) in [6.45, 7) is 4.40. The maximum atomic E-state index is 2.62. The minimum atomic E-state index is 0.635. The molecule has 1 saturated carbocycles. The maximum absolute atomic E-state index is 2.62. The molecule has 118 valence electrons. The Kier molecular flexibility index (Phi) is 3.48. The van der Waals surface area contributed by atoms with E-state index >= 15 is 0 Å². The van der Waals surface area contributed by atoms with E-state index in [0.717, 1.165) is 0 Å². The van der Waals surface area contributed by atoms with E-state index in [0.29, 0.717) is 6.04 Å². The van der Waals surface area contributed by atoms with E-state index < -0.39 is 0 Å². The molecule has 1 aromatic heterocycles. The summed E-state index contributed by atoms with van der Waals surface area (Å²) in [5.41, 5.74) is 6.75. The van der Waals surface area contributed by atoms with E-state index in [9.17, 15) is 0 Å². The van der Waals surface area contributed by atoms with E-state index in [-0.39, 0.29) is 0 Å². The SMILES string of the molecule is Cc1ccc2c(c1)n(C)c(-c1ccccc1C)[n+]2C1CCCC1. The van der Waals surface area contributed by atoms with Crippen LogP contribution >= 0.6 is 0 Å². The standard InChI is InChI=1S/C21H25N2/c1-15-12-13-19-20(14-15)22(3)21(18-11-7-4-8-16(18)2)23(19)17-9-5-6-10-17/h4,7-8,11-14,17H,5-6,9-10H2,1-3H3/q+1. The van der Waals surface area contributed by atoms with Gasteiger partial charge in [0.05, 0.1) is 12.6 Å². The first-order chi connectivity index (χ1) is 11.2. The molecule has 1 aliphatic carbocycles. The van der Waals surface area contributed by atoms with Crippen molar-refractivity contribution in [3.63, 3.8) is 0 Å². The molecule has 0 saturated heterocycles. The van der Waals surface area contributed by atoms with Gasteiger partial charge < -0.3 is 0 Å². The number of hydrogen-bond donors (Lipinski definition) is 0. The number of imidazole rings is 1. The molecule has 0 aliphatic heterocycles. The highest BCUT2D eigenvalue weighted by molar-refractivity contribution is 5.77. The van der Waals surface area contributed by atoms with Crippen molar-refractivity contribution in [1.82, 2.24) is 4.57 Å². The van der Waals surface area contributed by atoms with Crippen molar-refractivity contribution in [3.8, 4) is 11.4 Å². The van der Waals surface area contributed by atoms with E-state index in [1.165, 1.54) is 59.2 Å². The fourth-order valence-corrected chi connectivity index (χ4v) is 4.16. The van der Waals surface area contributed by atoms with Gasteiger partial charge in [0.25, 0.3) is 5.82 Å². The molecule has 0 unspecified atom stereocenters. The Hall–Kier alpha value is -2.09. The molecule has 0 bridgehead atoms. The molecule has 2 heteroatoms. The Labute approximate surface area is 138 Å². The van der Waals surface area contributed by atoms with Gasteiger partial charge in [-0.2, -0.15) is 0 Å². The van der Waals surface area contributed by atoms with Crippen molar-refractivity contribution in [2.45, 2.75) is 45.6 Å². The van der Waals surface area contributed by atoms with Crippen LogP contribution in [-0.4, -0.2) is 4.57 Å². The van der Waals surface area contributed by atoms with Crippen LogP contribution in [0.5, 0.6) is 0 Å². The predicted octanol–water partition coefficient (Wildman–Crippen LogP) is 4.86. The molecule has 0 amide bonds. The zero-order chi connectivity index (χ0) is 16.0. The summed E-state index contributed by atoms with van der Waals surface area (Å²) >= 11 is 0. The Balaban J connectivity index is 2.07. The fourth-order valence-electron chi connectivity index (χ4n) is 4.16. The molecule has 1 heterocycles. The van der Waals surface area contributed by atoms with Gasteiger partial charge in [0.15, 0.2) is 11.0 Å². The summed E-state index contributed by atoms with van der Waals surface area (Å²) in [5, 5.41) is 0. The molecular weight excluding hydrogens is 280 g/mol. The maximum Gasteiger partial charge on any atom is 0.290 e. The first kappa shape index (κ1) is 14.5. The zero-order valence-electron chi connectivity index (χ0n) is 14.3. The van der Waals surface area contributed by atoms with E-state index in [1.54, 1.807) is 0 Å². The Bertz CT molecular complexity index is 867. The van der Waals surface area contributed by atoms with E-state index in [2.05, 4.69) is 72.5 Å². The van der Waals surface area contributed by atoms with Gasteiger partial charge >= 0.3 is 0 Å². The van der Waals surface area contributed by atoms with Crippen LogP contribution in [-0.2, 0) is 7.05 Å². The second-order valence-corrected chi connectivity index (χ2v) is 7.00. The van der Waals surface area contributed by atoms with Crippen LogP contribution in [0.1, 0.15) is 42.9 Å². The van der Waals surface area contributed by atoms with Gasteiger partial charge in [-0.15, -0.1) is 0 Å². The molecular formula is C21H25N2+. The average molecular weight is 305 g/mol. The summed E-state index contributed by atoms with van der Waals surface area (Å²) < 4.78 is 5.01. The highest BCUT2D eigenvalue weighted by Gasteiger charge is 2.32. The third-order valence-electron chi connectivity index (χ3n) is 5.37. The molecule has 2 aromatic carbocycles. The monoisotopic (exact) mass is 305 g/mol. The van der Waals surface area contributed by atoms with Crippen LogP contribution in [0.15, 0.2) is 42.5 Å². The topological polar surface area (TPSA) is 8.81 Å². The molecule has 1 aliphatic rings. The van der Waals surface area contributed by atoms with Crippen LogP contribution in [0.4, 0.5) is 0 Å². The van der Waals surface area contributed by atoms with Gasteiger partial charge in [-0.3, -0.25) is 0 Å². The van der Waals surface area contributed by atoms with Crippen molar-refractivity contribution in [2.24, 2.45) is 7.05 Å². The molecule has 4 rings (SSSR count). The highest BCUT2D eigenvalue weighted by Crippen LogP contribution is 2.32. The quantitative estimate of drug-likeness (QED) is 0.598. The van der Waals surface area contributed by atoms with Crippen molar-refractivity contribution in [2.75, 3.05) is 0 Å². The third kappa shape index (κ3) is 2.28. The van der Waals surface area contributed by atoms with Crippen LogP contribution in [0.3, 0.4) is 0 Å². The minimum Gasteiger partial charge on any atom is -0.226 e. The summed E-state index contributed by atoms with van der Waals surface area (Å²) in [7, 11) is 2.22. The zero-order valence-corrected chi connectivity index (χ0v) is 14.3. The van der Waals surface area contributed by atoms with E-state index in [4.69, 9.17) is 0 Å². The number of fused-ring (bicyclic) bond motifs is 1. The summed E-state index contributed by atoms with van der Waals surface area (Å²) in [5.74, 6) is 1.36. The number of hydrogen-bond acceptors (Lipinski definition) is 0. The van der Waals surface area contributed by atoms with Gasteiger partial charge in [0, 0.05) is 0 Å². The lowest BCUT2D eigenvalue weighted by Gasteiger charge is -2.11. The van der Waals surface area contributed by atoms with Gasteiger partial charge in [0.2, 0.25) is 0 Å². The molecule has 0 atom stereocenters. The molecule has 0 spiro atoms. The molecule has 23 heavy (non-hydrogen) atoms. The average Bonchev–Trinajstić information content (AvgIpc) is 3.15. The molecule has 1 fully saturated rings. The number of benzene rings is 2. The third-order valence-corrected chi connectivity index (χ3v) is 5.37. The second-order valence-electron chi connectivity index (χ2n) is 7.00. The number of nitrogens with zero attached hydrogens (tertiary/aromatic N) is 2. The van der Waals surface area contributed by atoms with Gasteiger partial charge in [-0.25, -0.2) is 9.13 Å². The lowest BCUT2D eigenvalue weighted by atomic mass is 10.1. The van der Waals surface area contributed by atoms with Gasteiger partial charge in [-0.05, 0) is 68.9 Å². The van der Waals surface area contributed by atoms with Crippen molar-refractivity contribution < 1.29 is 4.57 Å². The van der Waals surface area contributed by atoms with Gasteiger partial charge in [-0.1, -0.05) is 24.3 Å². The first-order valence-corrected chi connectivity index (χ1v) is 8.73. The lowest BCUT2D eigenvalue weighted by molar-refractivity contribution is -0.687. The van der Waals surface area contributed by atoms with Crippen molar-refractivity contribution >= 4 is 11.0 Å². The Morgan fingerprint density at radius 1 is 1.00 bits per heavy atom. The van der Waals surface area contributed by atoms with Crippen molar-refractivity contribution in [3.05, 3.63) is 53.6 Å². The summed E-state index contributed by atoms with van der Waals surface area (Å²) in [6.07, 6.45) is 5.31. The number of aromatic nitrogens is 2. The highest BCUT2D eigenvalue weighted by atomic mass is 15.2. The predicted molar refractivity (Wildman–Crippen MR) is 95.5 cm³/mol. The van der Waals surface area contributed by atoms with Crippen LogP contribution < -0.4 is 4.57 Å². The summed E-state index contributed by atoms with van der Waals surface area (Å²) in [6, 6.07) is 16.3. The largest absolute Gasteiger partial charge is 0.290 e. The normalized spacial score (nSPS) is 15.6. The minimum absolute atomic E-state index is 0.635. The van der Waals surface area contributed by atoms with Crippen LogP contribution in [0.25, 0.3) is 22.4 Å². The van der Waals surface area contributed by atoms with E-state index in [1.807, 2.05) is 0 Å². The fraction of sp³-hybridized carbons (Fsp3) is 0.381. The smallest absolute Gasteiger partial charge is 0.226 e. The Morgan fingerprint density at radius 2 is 1.74 bits per heavy atom. The van der Waals surface area contributed by atoms with Gasteiger partial charge in [0.1, 0.15) is 6.04 Å². The molecule has 2 nitrogen and oxygen atoms in total. The molecule has 0 radical (unpaired) electrons. The summed E-state index contributed by atoms with van der Waals surface area (Å²) in [4.78, 5) is 0. The lowest BCUT2D eigenvalue weighted by Crippen LogP contribution is -2.39. The number of rotatable bonds is 2. The van der Waals surface area contributed by atoms with Crippen LogP contribution in [0, 0.1) is 13.8 Å². The van der Waals surface area contributed by atoms with Crippen LogP contribution in [0.2, 0.25) is 0 Å². The molecule has 0 N–H and O–H groups in total.